The maximum absolute atomic E-state index is 10.1. The van der Waals surface area contributed by atoms with E-state index >= 15 is 0 Å². The van der Waals surface area contributed by atoms with E-state index in [9.17, 15) is 5.11 Å². The molecule has 0 aromatic rings. The van der Waals surface area contributed by atoms with Crippen molar-refractivity contribution < 1.29 is 9.84 Å². The van der Waals surface area contributed by atoms with Crippen molar-refractivity contribution in [2.75, 3.05) is 6.61 Å². The molecule has 2 aliphatic rings. The summed E-state index contributed by atoms with van der Waals surface area (Å²) in [5.74, 6) is 1.16. The predicted molar refractivity (Wildman–Crippen MR) is 51.2 cm³/mol. The van der Waals surface area contributed by atoms with E-state index < -0.39 is 0 Å². The zero-order chi connectivity index (χ0) is 9.26. The van der Waals surface area contributed by atoms with Gasteiger partial charge in [-0.1, -0.05) is 19.8 Å². The number of hydrogen-bond donors (Lipinski definition) is 1. The van der Waals surface area contributed by atoms with Gasteiger partial charge >= 0.3 is 0 Å². The summed E-state index contributed by atoms with van der Waals surface area (Å²) >= 11 is 0. The summed E-state index contributed by atoms with van der Waals surface area (Å²) in [5.41, 5.74) is 1.11. The third kappa shape index (κ3) is 1.73. The van der Waals surface area contributed by atoms with Crippen molar-refractivity contribution in [1.29, 1.82) is 0 Å². The van der Waals surface area contributed by atoms with Gasteiger partial charge in [0.05, 0.1) is 19.0 Å². The lowest BCUT2D eigenvalue weighted by molar-refractivity contribution is 0.120. The molecule has 1 N–H and O–H groups in total. The molecule has 2 nitrogen and oxygen atoms in total. The molecule has 1 fully saturated rings. The molecule has 0 amide bonds. The van der Waals surface area contributed by atoms with Gasteiger partial charge < -0.3 is 9.84 Å². The van der Waals surface area contributed by atoms with Crippen molar-refractivity contribution in [3.8, 4) is 0 Å². The Hall–Kier alpha value is -0.500. The highest BCUT2D eigenvalue weighted by Gasteiger charge is 2.32. The van der Waals surface area contributed by atoms with Gasteiger partial charge in [0.2, 0.25) is 0 Å². The topological polar surface area (TPSA) is 29.5 Å². The zero-order valence-electron chi connectivity index (χ0n) is 8.20. The van der Waals surface area contributed by atoms with E-state index in [1.807, 2.05) is 0 Å². The SMILES string of the molecule is CC1CCCC1C(O)C1=COCC1. The Labute approximate surface area is 79.6 Å². The molecule has 0 aromatic heterocycles. The Morgan fingerprint density at radius 2 is 2.38 bits per heavy atom. The first kappa shape index (κ1) is 9.07. The molecule has 0 saturated heterocycles. The van der Waals surface area contributed by atoms with Gasteiger partial charge in [-0.05, 0) is 23.8 Å². The minimum atomic E-state index is -0.236. The van der Waals surface area contributed by atoms with E-state index in [-0.39, 0.29) is 6.10 Å². The predicted octanol–water partition coefficient (Wildman–Crippen LogP) is 2.09. The van der Waals surface area contributed by atoms with Gasteiger partial charge in [-0.25, -0.2) is 0 Å². The molecule has 74 valence electrons. The van der Waals surface area contributed by atoms with E-state index in [0.29, 0.717) is 11.8 Å². The van der Waals surface area contributed by atoms with E-state index in [1.54, 1.807) is 6.26 Å². The summed E-state index contributed by atoms with van der Waals surface area (Å²) in [6, 6.07) is 0. The van der Waals surface area contributed by atoms with Crippen LogP contribution in [-0.4, -0.2) is 17.8 Å². The molecule has 2 rings (SSSR count). The van der Waals surface area contributed by atoms with Crippen molar-refractivity contribution in [1.82, 2.24) is 0 Å². The fourth-order valence-corrected chi connectivity index (χ4v) is 2.54. The fraction of sp³-hybridized carbons (Fsp3) is 0.818. The second kappa shape index (κ2) is 3.70. The standard InChI is InChI=1S/C11H18O2/c1-8-3-2-4-10(8)11(12)9-5-6-13-7-9/h7-8,10-12H,2-6H2,1H3. The normalized spacial score (nSPS) is 35.7. The highest BCUT2D eigenvalue weighted by Crippen LogP contribution is 2.37. The summed E-state index contributed by atoms with van der Waals surface area (Å²) in [6.45, 7) is 3.00. The summed E-state index contributed by atoms with van der Waals surface area (Å²) in [6.07, 6.45) is 6.17. The highest BCUT2D eigenvalue weighted by molar-refractivity contribution is 5.11. The molecule has 1 heterocycles. The number of rotatable bonds is 2. The van der Waals surface area contributed by atoms with E-state index in [4.69, 9.17) is 4.74 Å². The number of aliphatic hydroxyl groups is 1. The first-order valence-corrected chi connectivity index (χ1v) is 5.27. The minimum Gasteiger partial charge on any atom is -0.501 e. The first-order chi connectivity index (χ1) is 6.29. The van der Waals surface area contributed by atoms with Gasteiger partial charge in [0, 0.05) is 6.42 Å². The Morgan fingerprint density at radius 3 is 2.92 bits per heavy atom. The van der Waals surface area contributed by atoms with Gasteiger partial charge in [0.15, 0.2) is 0 Å². The lowest BCUT2D eigenvalue weighted by atomic mass is 9.88. The van der Waals surface area contributed by atoms with Gasteiger partial charge in [0.25, 0.3) is 0 Å². The van der Waals surface area contributed by atoms with Gasteiger partial charge in [-0.15, -0.1) is 0 Å². The summed E-state index contributed by atoms with van der Waals surface area (Å²) < 4.78 is 5.15. The third-order valence-electron chi connectivity index (χ3n) is 3.46. The number of hydrogen-bond acceptors (Lipinski definition) is 2. The van der Waals surface area contributed by atoms with Gasteiger partial charge in [-0.2, -0.15) is 0 Å². The molecule has 1 aliphatic carbocycles. The highest BCUT2D eigenvalue weighted by atomic mass is 16.5. The second-order valence-electron chi connectivity index (χ2n) is 4.33. The van der Waals surface area contributed by atoms with Crippen molar-refractivity contribution in [2.45, 2.75) is 38.7 Å². The van der Waals surface area contributed by atoms with Crippen LogP contribution in [0.2, 0.25) is 0 Å². The summed E-state index contributed by atoms with van der Waals surface area (Å²) in [7, 11) is 0. The molecule has 1 saturated carbocycles. The first-order valence-electron chi connectivity index (χ1n) is 5.27. The van der Waals surface area contributed by atoms with Crippen LogP contribution in [0.15, 0.2) is 11.8 Å². The molecular weight excluding hydrogens is 164 g/mol. The molecule has 0 radical (unpaired) electrons. The molecule has 3 unspecified atom stereocenters. The van der Waals surface area contributed by atoms with Crippen LogP contribution in [0.5, 0.6) is 0 Å². The van der Waals surface area contributed by atoms with Crippen LogP contribution in [0, 0.1) is 11.8 Å². The molecule has 0 spiro atoms. The summed E-state index contributed by atoms with van der Waals surface area (Å²) in [4.78, 5) is 0. The Kier molecular flexibility index (Phi) is 2.58. The Bertz CT molecular complexity index is 210. The quantitative estimate of drug-likeness (QED) is 0.708. The largest absolute Gasteiger partial charge is 0.501 e. The molecule has 3 atom stereocenters. The smallest absolute Gasteiger partial charge is 0.0912 e. The maximum Gasteiger partial charge on any atom is 0.0912 e. The van der Waals surface area contributed by atoms with Gasteiger partial charge in [-0.3, -0.25) is 0 Å². The van der Waals surface area contributed by atoms with Crippen LogP contribution >= 0.6 is 0 Å². The zero-order valence-corrected chi connectivity index (χ0v) is 8.20. The fourth-order valence-electron chi connectivity index (χ4n) is 2.54. The lowest BCUT2D eigenvalue weighted by Gasteiger charge is -2.22. The lowest BCUT2D eigenvalue weighted by Crippen LogP contribution is -2.24. The van der Waals surface area contributed by atoms with Crippen molar-refractivity contribution in [2.24, 2.45) is 11.8 Å². The third-order valence-corrected chi connectivity index (χ3v) is 3.46. The Morgan fingerprint density at radius 1 is 1.54 bits per heavy atom. The van der Waals surface area contributed by atoms with E-state index in [0.717, 1.165) is 18.6 Å². The average molecular weight is 182 g/mol. The van der Waals surface area contributed by atoms with E-state index in [2.05, 4.69) is 6.92 Å². The van der Waals surface area contributed by atoms with Crippen LogP contribution in [0.3, 0.4) is 0 Å². The number of aliphatic hydroxyl groups excluding tert-OH is 1. The minimum absolute atomic E-state index is 0.236. The van der Waals surface area contributed by atoms with Crippen LogP contribution in [0.1, 0.15) is 32.6 Å². The molecular formula is C11H18O2. The van der Waals surface area contributed by atoms with Crippen LogP contribution in [-0.2, 0) is 4.74 Å². The van der Waals surface area contributed by atoms with Crippen molar-refractivity contribution >= 4 is 0 Å². The van der Waals surface area contributed by atoms with Crippen molar-refractivity contribution in [3.63, 3.8) is 0 Å². The Balaban J connectivity index is 1.99. The molecule has 2 heteroatoms. The maximum atomic E-state index is 10.1. The van der Waals surface area contributed by atoms with Crippen molar-refractivity contribution in [3.05, 3.63) is 11.8 Å². The summed E-state index contributed by atoms with van der Waals surface area (Å²) in [5, 5.41) is 10.1. The van der Waals surface area contributed by atoms with E-state index in [1.165, 1.54) is 19.3 Å². The van der Waals surface area contributed by atoms with Crippen LogP contribution in [0.4, 0.5) is 0 Å². The average Bonchev–Trinajstić information content (AvgIpc) is 2.72. The van der Waals surface area contributed by atoms with Gasteiger partial charge in [0.1, 0.15) is 0 Å². The van der Waals surface area contributed by atoms with Crippen LogP contribution in [0.25, 0.3) is 0 Å². The van der Waals surface area contributed by atoms with Crippen LogP contribution < -0.4 is 0 Å². The molecule has 0 aromatic carbocycles. The second-order valence-corrected chi connectivity index (χ2v) is 4.33. The number of ether oxygens (including phenoxy) is 1. The molecule has 0 bridgehead atoms. The molecule has 13 heavy (non-hydrogen) atoms. The molecule has 1 aliphatic heterocycles. The monoisotopic (exact) mass is 182 g/mol.